The lowest BCUT2D eigenvalue weighted by Gasteiger charge is -2.04. The van der Waals surface area contributed by atoms with Crippen molar-refractivity contribution >= 4 is 37.3 Å². The molecule has 3 nitrogen and oxygen atoms in total. The van der Waals surface area contributed by atoms with Gasteiger partial charge in [0.2, 0.25) is 0 Å². The summed E-state index contributed by atoms with van der Waals surface area (Å²) in [5, 5.41) is 1.06. The summed E-state index contributed by atoms with van der Waals surface area (Å²) in [6.45, 7) is 0.616. The van der Waals surface area contributed by atoms with E-state index in [1.165, 1.54) is 9.58 Å². The van der Waals surface area contributed by atoms with Crippen LogP contribution in [0.15, 0.2) is 6.07 Å². The second-order valence-electron chi connectivity index (χ2n) is 2.98. The van der Waals surface area contributed by atoms with Gasteiger partial charge in [-0.25, -0.2) is 4.98 Å². The molecule has 2 N–H and O–H groups in total. The molecule has 0 amide bonds. The summed E-state index contributed by atoms with van der Waals surface area (Å²) in [5.41, 5.74) is 5.55. The molecule has 0 fully saturated rings. The van der Waals surface area contributed by atoms with Crippen LogP contribution in [-0.2, 0) is 6.54 Å². The van der Waals surface area contributed by atoms with E-state index in [4.69, 9.17) is 5.73 Å². The Morgan fingerprint density at radius 1 is 1.46 bits per heavy atom. The Morgan fingerprint density at radius 3 is 2.77 bits per heavy atom. The highest BCUT2D eigenvalue weighted by atomic mass is 32.1. The quantitative estimate of drug-likeness (QED) is 0.828. The summed E-state index contributed by atoms with van der Waals surface area (Å²) in [4.78, 5) is 8.83. The Balaban J connectivity index is 2.48. The number of thiophene rings is 1. The molecule has 0 unspecified atom stereocenters. The lowest BCUT2D eigenvalue weighted by Crippen LogP contribution is -2.07. The van der Waals surface area contributed by atoms with Gasteiger partial charge in [0.1, 0.15) is 4.83 Å². The number of nitrogens with zero attached hydrogens (tertiary/aromatic N) is 2. The Kier molecular flexibility index (Phi) is 2.23. The number of hydrogen-bond donors (Lipinski definition) is 1. The summed E-state index contributed by atoms with van der Waals surface area (Å²) in [6.07, 6.45) is 0. The first-order chi connectivity index (χ1) is 6.20. The predicted molar refractivity (Wildman–Crippen MR) is 59.7 cm³/mol. The predicted octanol–water partition coefficient (Wildman–Crippen LogP) is 1.88. The van der Waals surface area contributed by atoms with Crippen molar-refractivity contribution in [3.63, 3.8) is 0 Å². The molecule has 0 aliphatic rings. The molecule has 0 aliphatic heterocycles. The van der Waals surface area contributed by atoms with Crippen molar-refractivity contribution in [2.45, 2.75) is 6.54 Å². The van der Waals surface area contributed by atoms with Gasteiger partial charge in [-0.05, 0) is 6.07 Å². The van der Waals surface area contributed by atoms with Gasteiger partial charge >= 0.3 is 0 Å². The molecule has 5 heteroatoms. The molecule has 0 aromatic carbocycles. The standard InChI is InChI=1S/C8H11N3S2/c1-11(2)8-10-7-6(13-8)3-5(4-9)12-7/h3H,4,9H2,1-2H3. The summed E-state index contributed by atoms with van der Waals surface area (Å²) in [7, 11) is 4.01. The fourth-order valence-electron chi connectivity index (χ4n) is 1.06. The zero-order valence-electron chi connectivity index (χ0n) is 7.57. The molecular weight excluding hydrogens is 202 g/mol. The molecular formula is C8H11N3S2. The Hall–Kier alpha value is -0.650. The number of fused-ring (bicyclic) bond motifs is 1. The number of hydrogen-bond acceptors (Lipinski definition) is 5. The van der Waals surface area contributed by atoms with E-state index in [-0.39, 0.29) is 0 Å². The topological polar surface area (TPSA) is 42.2 Å². The van der Waals surface area contributed by atoms with Crippen molar-refractivity contribution in [2.24, 2.45) is 5.73 Å². The fraction of sp³-hybridized carbons (Fsp3) is 0.375. The van der Waals surface area contributed by atoms with E-state index in [9.17, 15) is 0 Å². The monoisotopic (exact) mass is 213 g/mol. The molecule has 0 bridgehead atoms. The third kappa shape index (κ3) is 1.54. The summed E-state index contributed by atoms with van der Waals surface area (Å²) in [5.74, 6) is 0. The summed E-state index contributed by atoms with van der Waals surface area (Å²) >= 11 is 3.39. The first kappa shape index (κ1) is 8.93. The molecule has 70 valence electrons. The minimum Gasteiger partial charge on any atom is -0.354 e. The van der Waals surface area contributed by atoms with E-state index < -0.39 is 0 Å². The van der Waals surface area contributed by atoms with Gasteiger partial charge in [0.05, 0.1) is 4.70 Å². The van der Waals surface area contributed by atoms with E-state index in [1.807, 2.05) is 19.0 Å². The van der Waals surface area contributed by atoms with Gasteiger partial charge in [0.25, 0.3) is 0 Å². The van der Waals surface area contributed by atoms with Gasteiger partial charge < -0.3 is 10.6 Å². The Labute approximate surface area is 84.8 Å². The summed E-state index contributed by atoms with van der Waals surface area (Å²) < 4.78 is 1.24. The van der Waals surface area contributed by atoms with E-state index >= 15 is 0 Å². The molecule has 0 aliphatic carbocycles. The number of thiazole rings is 1. The van der Waals surface area contributed by atoms with Gasteiger partial charge in [0, 0.05) is 25.5 Å². The first-order valence-corrected chi connectivity index (χ1v) is 5.60. The number of nitrogens with two attached hydrogens (primary N) is 1. The van der Waals surface area contributed by atoms with Crippen molar-refractivity contribution in [1.29, 1.82) is 0 Å². The second-order valence-corrected chi connectivity index (χ2v) is 5.10. The van der Waals surface area contributed by atoms with Crippen LogP contribution in [0.5, 0.6) is 0 Å². The Morgan fingerprint density at radius 2 is 2.23 bits per heavy atom. The third-order valence-electron chi connectivity index (χ3n) is 1.71. The average Bonchev–Trinajstić information content (AvgIpc) is 2.58. The van der Waals surface area contributed by atoms with Crippen LogP contribution in [0.4, 0.5) is 5.13 Å². The highest BCUT2D eigenvalue weighted by molar-refractivity contribution is 7.29. The molecule has 0 radical (unpaired) electrons. The van der Waals surface area contributed by atoms with Crippen LogP contribution < -0.4 is 10.6 Å². The summed E-state index contributed by atoms with van der Waals surface area (Å²) in [6, 6.07) is 2.13. The van der Waals surface area contributed by atoms with Crippen molar-refractivity contribution in [3.8, 4) is 0 Å². The third-order valence-corrected chi connectivity index (χ3v) is 4.06. The van der Waals surface area contributed by atoms with Crippen LogP contribution in [0.3, 0.4) is 0 Å². The van der Waals surface area contributed by atoms with Crippen LogP contribution in [0, 0.1) is 0 Å². The van der Waals surface area contributed by atoms with Crippen molar-refractivity contribution in [3.05, 3.63) is 10.9 Å². The van der Waals surface area contributed by atoms with Gasteiger partial charge in [-0.1, -0.05) is 11.3 Å². The van der Waals surface area contributed by atoms with Crippen LogP contribution in [0.1, 0.15) is 4.88 Å². The molecule has 13 heavy (non-hydrogen) atoms. The molecule has 2 rings (SSSR count). The van der Waals surface area contributed by atoms with Crippen molar-refractivity contribution in [1.82, 2.24) is 4.98 Å². The van der Waals surface area contributed by atoms with Gasteiger partial charge in [-0.2, -0.15) is 0 Å². The number of rotatable bonds is 2. The van der Waals surface area contributed by atoms with Gasteiger partial charge in [0.15, 0.2) is 5.13 Å². The highest BCUT2D eigenvalue weighted by Gasteiger charge is 2.08. The van der Waals surface area contributed by atoms with E-state index in [2.05, 4.69) is 11.1 Å². The molecule has 2 aromatic heterocycles. The lowest BCUT2D eigenvalue weighted by atomic mass is 10.5. The van der Waals surface area contributed by atoms with Gasteiger partial charge in [-0.15, -0.1) is 11.3 Å². The average molecular weight is 213 g/mol. The molecule has 2 heterocycles. The molecule has 0 saturated heterocycles. The zero-order valence-corrected chi connectivity index (χ0v) is 9.21. The second kappa shape index (κ2) is 3.25. The fourth-order valence-corrected chi connectivity index (χ4v) is 3.10. The van der Waals surface area contributed by atoms with Crippen molar-refractivity contribution in [2.75, 3.05) is 19.0 Å². The first-order valence-electron chi connectivity index (χ1n) is 3.97. The molecule has 2 aromatic rings. The minimum absolute atomic E-state index is 0.616. The van der Waals surface area contributed by atoms with E-state index in [0.29, 0.717) is 6.54 Å². The molecule has 0 atom stereocenters. The SMILES string of the molecule is CN(C)c1nc2sc(CN)cc2s1. The Bertz CT molecular complexity index is 384. The number of aromatic nitrogens is 1. The maximum absolute atomic E-state index is 5.55. The minimum atomic E-state index is 0.616. The van der Waals surface area contributed by atoms with E-state index in [0.717, 1.165) is 9.96 Å². The van der Waals surface area contributed by atoms with Gasteiger partial charge in [-0.3, -0.25) is 0 Å². The number of anilines is 1. The van der Waals surface area contributed by atoms with Crippen LogP contribution >= 0.6 is 22.7 Å². The normalized spacial score (nSPS) is 11.0. The zero-order chi connectivity index (χ0) is 9.42. The van der Waals surface area contributed by atoms with Crippen molar-refractivity contribution < 1.29 is 0 Å². The van der Waals surface area contributed by atoms with Crippen LogP contribution in [0.25, 0.3) is 9.53 Å². The highest BCUT2D eigenvalue weighted by Crippen LogP contribution is 2.33. The molecule has 0 saturated carbocycles. The largest absolute Gasteiger partial charge is 0.354 e. The smallest absolute Gasteiger partial charge is 0.186 e. The molecule has 0 spiro atoms. The van der Waals surface area contributed by atoms with E-state index in [1.54, 1.807) is 22.7 Å². The maximum atomic E-state index is 5.55. The maximum Gasteiger partial charge on any atom is 0.186 e. The van der Waals surface area contributed by atoms with Crippen LogP contribution in [0.2, 0.25) is 0 Å². The lowest BCUT2D eigenvalue weighted by molar-refractivity contribution is 1.11. The van der Waals surface area contributed by atoms with Crippen LogP contribution in [-0.4, -0.2) is 19.1 Å².